The van der Waals surface area contributed by atoms with Gasteiger partial charge in [-0.05, 0) is 43.7 Å². The number of furan rings is 1. The van der Waals surface area contributed by atoms with E-state index in [9.17, 15) is 18.0 Å². The standard InChI is InChI=1S/C23H33N5O5S/c1-16(21-6-5-17(2)33-21)7-8-24-19-13-18(22(29)27(3)4)14-20(15-19)34(31,32)26-10-12-28-11-9-25-23(28)30/h5-6,13-16,24,26H,7-12H2,1-4H3,(H,25,30). The first kappa shape index (κ1) is 25.6. The number of nitrogens with zero attached hydrogens (tertiary/aromatic N) is 2. The van der Waals surface area contributed by atoms with Crippen LogP contribution in [0.25, 0.3) is 0 Å². The van der Waals surface area contributed by atoms with Gasteiger partial charge in [-0.1, -0.05) is 6.92 Å². The SMILES string of the molecule is Cc1ccc(C(C)CCNc2cc(C(=O)N(C)C)cc(S(=O)(=O)NCCN3CCNC3=O)c2)o1. The van der Waals surface area contributed by atoms with Gasteiger partial charge >= 0.3 is 6.03 Å². The lowest BCUT2D eigenvalue weighted by molar-refractivity contribution is 0.0827. The molecule has 186 valence electrons. The molecule has 0 aliphatic carbocycles. The van der Waals surface area contributed by atoms with Crippen molar-refractivity contribution in [1.29, 1.82) is 0 Å². The van der Waals surface area contributed by atoms with Gasteiger partial charge in [0.1, 0.15) is 11.5 Å². The van der Waals surface area contributed by atoms with Gasteiger partial charge in [-0.3, -0.25) is 4.79 Å². The van der Waals surface area contributed by atoms with Crippen molar-refractivity contribution in [3.8, 4) is 0 Å². The minimum Gasteiger partial charge on any atom is -0.466 e. The first-order valence-electron chi connectivity index (χ1n) is 11.3. The Kier molecular flexibility index (Phi) is 8.21. The van der Waals surface area contributed by atoms with Crippen LogP contribution in [-0.4, -0.2) is 77.0 Å². The summed E-state index contributed by atoms with van der Waals surface area (Å²) < 4.78 is 34.1. The van der Waals surface area contributed by atoms with E-state index in [1.165, 1.54) is 17.0 Å². The number of rotatable bonds is 11. The zero-order valence-electron chi connectivity index (χ0n) is 20.1. The Labute approximate surface area is 200 Å². The van der Waals surface area contributed by atoms with Crippen LogP contribution in [0, 0.1) is 6.92 Å². The summed E-state index contributed by atoms with van der Waals surface area (Å²) in [5.41, 5.74) is 0.804. The van der Waals surface area contributed by atoms with Crippen LogP contribution in [0.2, 0.25) is 0 Å². The van der Waals surface area contributed by atoms with Crippen molar-refractivity contribution >= 4 is 27.6 Å². The molecule has 1 saturated heterocycles. The average Bonchev–Trinajstić information content (AvgIpc) is 3.41. The smallest absolute Gasteiger partial charge is 0.317 e. The minimum absolute atomic E-state index is 0.0109. The van der Waals surface area contributed by atoms with Crippen LogP contribution in [0.15, 0.2) is 39.6 Å². The molecular weight excluding hydrogens is 458 g/mol. The van der Waals surface area contributed by atoms with Crippen molar-refractivity contribution in [2.75, 3.05) is 52.1 Å². The fraction of sp³-hybridized carbons (Fsp3) is 0.478. The van der Waals surface area contributed by atoms with Gasteiger partial charge < -0.3 is 24.9 Å². The lowest BCUT2D eigenvalue weighted by atomic mass is 10.1. The molecule has 1 aromatic heterocycles. The summed E-state index contributed by atoms with van der Waals surface area (Å²) in [7, 11) is -0.661. The largest absolute Gasteiger partial charge is 0.466 e. The quantitative estimate of drug-likeness (QED) is 0.443. The Morgan fingerprint density at radius 1 is 1.24 bits per heavy atom. The van der Waals surface area contributed by atoms with Crippen molar-refractivity contribution in [2.24, 2.45) is 0 Å². The van der Waals surface area contributed by atoms with Crippen LogP contribution in [0.1, 0.15) is 41.1 Å². The van der Waals surface area contributed by atoms with Gasteiger partial charge in [-0.15, -0.1) is 0 Å². The zero-order valence-corrected chi connectivity index (χ0v) is 20.9. The number of carbonyl (C=O) groups excluding carboxylic acids is 2. The number of nitrogens with one attached hydrogen (secondary N) is 3. The highest BCUT2D eigenvalue weighted by atomic mass is 32.2. The van der Waals surface area contributed by atoms with Crippen LogP contribution in [0.4, 0.5) is 10.5 Å². The molecule has 0 spiro atoms. The van der Waals surface area contributed by atoms with Gasteiger partial charge in [0.25, 0.3) is 5.91 Å². The second-order valence-corrected chi connectivity index (χ2v) is 10.4. The van der Waals surface area contributed by atoms with Crippen LogP contribution in [-0.2, 0) is 10.0 Å². The van der Waals surface area contributed by atoms with Crippen molar-refractivity contribution in [3.05, 3.63) is 47.4 Å². The van der Waals surface area contributed by atoms with Crippen LogP contribution >= 0.6 is 0 Å². The Morgan fingerprint density at radius 3 is 2.62 bits per heavy atom. The summed E-state index contributed by atoms with van der Waals surface area (Å²) in [6.45, 7) is 5.95. The van der Waals surface area contributed by atoms with Crippen molar-refractivity contribution < 1.29 is 22.4 Å². The van der Waals surface area contributed by atoms with E-state index in [1.54, 1.807) is 25.1 Å². The van der Waals surface area contributed by atoms with E-state index in [2.05, 4.69) is 22.3 Å². The third-order valence-electron chi connectivity index (χ3n) is 5.64. The molecule has 10 nitrogen and oxygen atoms in total. The summed E-state index contributed by atoms with van der Waals surface area (Å²) in [6, 6.07) is 8.21. The summed E-state index contributed by atoms with van der Waals surface area (Å²) in [5, 5.41) is 5.92. The number of urea groups is 1. The average molecular weight is 492 g/mol. The van der Waals surface area contributed by atoms with E-state index in [-0.39, 0.29) is 41.4 Å². The fourth-order valence-corrected chi connectivity index (χ4v) is 4.75. The maximum Gasteiger partial charge on any atom is 0.317 e. The second kappa shape index (κ2) is 10.9. The maximum atomic E-state index is 13.0. The molecule has 1 atom stereocenters. The van der Waals surface area contributed by atoms with Crippen LogP contribution in [0.3, 0.4) is 0 Å². The fourth-order valence-electron chi connectivity index (χ4n) is 3.65. The number of carbonyl (C=O) groups is 2. The van der Waals surface area contributed by atoms with Gasteiger partial charge in [0.05, 0.1) is 4.90 Å². The third-order valence-corrected chi connectivity index (χ3v) is 7.08. The molecule has 1 aromatic carbocycles. The van der Waals surface area contributed by atoms with E-state index in [4.69, 9.17) is 4.42 Å². The molecule has 0 saturated carbocycles. The molecule has 1 aliphatic rings. The number of benzene rings is 1. The highest BCUT2D eigenvalue weighted by molar-refractivity contribution is 7.89. The van der Waals surface area contributed by atoms with E-state index >= 15 is 0 Å². The topological polar surface area (TPSA) is 124 Å². The van der Waals surface area contributed by atoms with E-state index in [0.717, 1.165) is 17.9 Å². The highest BCUT2D eigenvalue weighted by Crippen LogP contribution is 2.23. The molecule has 11 heteroatoms. The second-order valence-electron chi connectivity index (χ2n) is 8.63. The lowest BCUT2D eigenvalue weighted by Crippen LogP contribution is -2.36. The van der Waals surface area contributed by atoms with E-state index < -0.39 is 10.0 Å². The first-order valence-corrected chi connectivity index (χ1v) is 12.7. The molecule has 1 unspecified atom stereocenters. The number of amides is 3. The minimum atomic E-state index is -3.89. The van der Waals surface area contributed by atoms with Crippen LogP contribution in [0.5, 0.6) is 0 Å². The van der Waals surface area contributed by atoms with E-state index in [0.29, 0.717) is 25.3 Å². The molecule has 34 heavy (non-hydrogen) atoms. The van der Waals surface area contributed by atoms with Crippen molar-refractivity contribution in [2.45, 2.75) is 31.1 Å². The molecular formula is C23H33N5O5S. The number of sulfonamides is 1. The van der Waals surface area contributed by atoms with Crippen molar-refractivity contribution in [3.63, 3.8) is 0 Å². The Balaban J connectivity index is 1.71. The molecule has 3 N–H and O–H groups in total. The highest BCUT2D eigenvalue weighted by Gasteiger charge is 2.22. The molecule has 2 heterocycles. The van der Waals surface area contributed by atoms with Gasteiger partial charge in [0.2, 0.25) is 10.0 Å². The summed E-state index contributed by atoms with van der Waals surface area (Å²) in [6.07, 6.45) is 0.761. The van der Waals surface area contributed by atoms with Gasteiger partial charge in [0, 0.05) is 64.0 Å². The monoisotopic (exact) mass is 491 g/mol. The number of aryl methyl sites for hydroxylation is 1. The first-order chi connectivity index (χ1) is 16.1. The molecule has 0 radical (unpaired) electrons. The Hall–Kier alpha value is -3.05. The van der Waals surface area contributed by atoms with Gasteiger partial charge in [-0.2, -0.15) is 0 Å². The summed E-state index contributed by atoms with van der Waals surface area (Å²) in [4.78, 5) is 27.2. The van der Waals surface area contributed by atoms with E-state index in [1.807, 2.05) is 19.1 Å². The third kappa shape index (κ3) is 6.51. The number of anilines is 1. The molecule has 2 aromatic rings. The van der Waals surface area contributed by atoms with Gasteiger partial charge in [-0.25, -0.2) is 17.9 Å². The summed E-state index contributed by atoms with van der Waals surface area (Å²) >= 11 is 0. The number of hydrogen-bond acceptors (Lipinski definition) is 6. The van der Waals surface area contributed by atoms with Crippen molar-refractivity contribution in [1.82, 2.24) is 19.8 Å². The normalized spacial score (nSPS) is 14.7. The van der Waals surface area contributed by atoms with Gasteiger partial charge in [0.15, 0.2) is 0 Å². The lowest BCUT2D eigenvalue weighted by Gasteiger charge is -2.17. The Morgan fingerprint density at radius 2 is 2.00 bits per heavy atom. The molecule has 1 aliphatic heterocycles. The number of hydrogen-bond donors (Lipinski definition) is 3. The molecule has 1 fully saturated rings. The predicted molar refractivity (Wildman–Crippen MR) is 130 cm³/mol. The zero-order chi connectivity index (χ0) is 24.9. The molecule has 0 bridgehead atoms. The molecule has 3 amide bonds. The predicted octanol–water partition coefficient (Wildman–Crippen LogP) is 2.20. The Bertz CT molecular complexity index is 1130. The summed E-state index contributed by atoms with van der Waals surface area (Å²) in [5.74, 6) is 1.64. The maximum absolute atomic E-state index is 13.0. The molecule has 3 rings (SSSR count). The van der Waals surface area contributed by atoms with Crippen LogP contribution < -0.4 is 15.4 Å².